The largest absolute Gasteiger partial charge is 0.310 e. The minimum Gasteiger partial charge on any atom is -0.310 e. The summed E-state index contributed by atoms with van der Waals surface area (Å²) < 4.78 is 13.5. The lowest BCUT2D eigenvalue weighted by atomic mass is 9.97. The Morgan fingerprint density at radius 2 is 2.15 bits per heavy atom. The SMILES string of the molecule is CC(NCC1CCCN(C)C1)c1cc(F)c(Cl)cc1Cl. The molecule has 0 aliphatic carbocycles. The monoisotopic (exact) mass is 318 g/mol. The Balaban J connectivity index is 1.94. The van der Waals surface area contributed by atoms with Crippen LogP contribution in [0.25, 0.3) is 0 Å². The third kappa shape index (κ3) is 4.08. The number of likely N-dealkylation sites (tertiary alicyclic amines) is 1. The van der Waals surface area contributed by atoms with Gasteiger partial charge in [0.05, 0.1) is 5.02 Å². The van der Waals surface area contributed by atoms with E-state index in [0.29, 0.717) is 10.9 Å². The zero-order chi connectivity index (χ0) is 14.7. The van der Waals surface area contributed by atoms with Crippen molar-refractivity contribution >= 4 is 23.2 Å². The van der Waals surface area contributed by atoms with E-state index >= 15 is 0 Å². The van der Waals surface area contributed by atoms with Crippen molar-refractivity contribution in [2.24, 2.45) is 5.92 Å². The van der Waals surface area contributed by atoms with Crippen molar-refractivity contribution in [2.75, 3.05) is 26.7 Å². The minimum absolute atomic E-state index is 0.0153. The highest BCUT2D eigenvalue weighted by Gasteiger charge is 2.19. The molecule has 0 spiro atoms. The van der Waals surface area contributed by atoms with Gasteiger partial charge in [0, 0.05) is 17.6 Å². The molecule has 2 atom stereocenters. The Morgan fingerprint density at radius 3 is 2.85 bits per heavy atom. The summed E-state index contributed by atoms with van der Waals surface area (Å²) in [5.41, 5.74) is 0.762. The Morgan fingerprint density at radius 1 is 1.40 bits per heavy atom. The van der Waals surface area contributed by atoms with E-state index < -0.39 is 5.82 Å². The predicted molar refractivity (Wildman–Crippen MR) is 83.1 cm³/mol. The standard InChI is InChI=1S/C15H21Cl2FN2/c1-10(12-6-15(18)14(17)7-13(12)16)19-8-11-4-3-5-20(2)9-11/h6-7,10-11,19H,3-5,8-9H2,1-2H3. The molecule has 1 aromatic carbocycles. The summed E-state index contributed by atoms with van der Waals surface area (Å²) >= 11 is 11.9. The maximum Gasteiger partial charge on any atom is 0.142 e. The molecule has 1 heterocycles. The molecule has 0 aromatic heterocycles. The van der Waals surface area contributed by atoms with Crippen LogP contribution in [-0.4, -0.2) is 31.6 Å². The Hall–Kier alpha value is -0.350. The van der Waals surface area contributed by atoms with E-state index in [1.54, 1.807) is 0 Å². The van der Waals surface area contributed by atoms with Gasteiger partial charge >= 0.3 is 0 Å². The first-order valence-corrected chi connectivity index (χ1v) is 7.79. The number of rotatable bonds is 4. The molecule has 1 N–H and O–H groups in total. The third-order valence-corrected chi connectivity index (χ3v) is 4.56. The van der Waals surface area contributed by atoms with E-state index in [-0.39, 0.29) is 11.1 Å². The van der Waals surface area contributed by atoms with Gasteiger partial charge in [0.2, 0.25) is 0 Å². The van der Waals surface area contributed by atoms with Gasteiger partial charge < -0.3 is 10.2 Å². The van der Waals surface area contributed by atoms with Crippen molar-refractivity contribution in [1.29, 1.82) is 0 Å². The third-order valence-electron chi connectivity index (χ3n) is 3.94. The quantitative estimate of drug-likeness (QED) is 0.840. The van der Waals surface area contributed by atoms with Gasteiger partial charge in [0.1, 0.15) is 5.82 Å². The van der Waals surface area contributed by atoms with Crippen molar-refractivity contribution in [3.8, 4) is 0 Å². The molecule has 1 aromatic rings. The van der Waals surface area contributed by atoms with E-state index in [4.69, 9.17) is 23.2 Å². The molecule has 0 saturated carbocycles. The fraction of sp³-hybridized carbons (Fsp3) is 0.600. The number of piperidine rings is 1. The molecule has 0 amide bonds. The van der Waals surface area contributed by atoms with Gasteiger partial charge in [-0.15, -0.1) is 0 Å². The molecule has 1 fully saturated rings. The highest BCUT2D eigenvalue weighted by molar-refractivity contribution is 6.35. The van der Waals surface area contributed by atoms with Crippen molar-refractivity contribution in [1.82, 2.24) is 10.2 Å². The second-order valence-electron chi connectivity index (χ2n) is 5.69. The molecule has 1 aliphatic heterocycles. The minimum atomic E-state index is -0.419. The van der Waals surface area contributed by atoms with Gasteiger partial charge in [-0.3, -0.25) is 0 Å². The van der Waals surface area contributed by atoms with Crippen LogP contribution < -0.4 is 5.32 Å². The summed E-state index contributed by atoms with van der Waals surface area (Å²) in [5.74, 6) is 0.226. The van der Waals surface area contributed by atoms with Crippen LogP contribution in [0.5, 0.6) is 0 Å². The molecule has 2 nitrogen and oxygen atoms in total. The number of nitrogens with one attached hydrogen (secondary N) is 1. The molecule has 2 rings (SSSR count). The summed E-state index contributed by atoms with van der Waals surface area (Å²) in [6, 6.07) is 2.91. The lowest BCUT2D eigenvalue weighted by Gasteiger charge is -2.30. The number of halogens is 3. The van der Waals surface area contributed by atoms with Gasteiger partial charge in [-0.05, 0) is 63.5 Å². The first kappa shape index (κ1) is 16.0. The molecule has 1 aliphatic rings. The van der Waals surface area contributed by atoms with E-state index in [0.717, 1.165) is 18.7 Å². The number of benzene rings is 1. The average Bonchev–Trinajstić information content (AvgIpc) is 2.40. The molecule has 112 valence electrons. The zero-order valence-electron chi connectivity index (χ0n) is 11.9. The normalized spacial score (nSPS) is 21.9. The van der Waals surface area contributed by atoms with Crippen LogP contribution in [0.15, 0.2) is 12.1 Å². The molecular weight excluding hydrogens is 298 g/mol. The maximum atomic E-state index is 13.5. The first-order valence-electron chi connectivity index (χ1n) is 7.03. The summed E-state index contributed by atoms with van der Waals surface area (Å²) in [6.07, 6.45) is 2.49. The van der Waals surface area contributed by atoms with Gasteiger partial charge in [0.25, 0.3) is 0 Å². The van der Waals surface area contributed by atoms with E-state index in [9.17, 15) is 4.39 Å². The highest BCUT2D eigenvalue weighted by atomic mass is 35.5. The van der Waals surface area contributed by atoms with Gasteiger partial charge in [-0.1, -0.05) is 23.2 Å². The van der Waals surface area contributed by atoms with E-state index in [1.807, 2.05) is 6.92 Å². The fourth-order valence-corrected chi connectivity index (χ4v) is 3.31. The molecule has 2 unspecified atom stereocenters. The second-order valence-corrected chi connectivity index (χ2v) is 6.50. The zero-order valence-corrected chi connectivity index (χ0v) is 13.4. The molecule has 0 radical (unpaired) electrons. The van der Waals surface area contributed by atoms with Crippen molar-refractivity contribution < 1.29 is 4.39 Å². The van der Waals surface area contributed by atoms with Crippen molar-refractivity contribution in [2.45, 2.75) is 25.8 Å². The summed E-state index contributed by atoms with van der Waals surface area (Å²) in [5, 5.41) is 4.04. The topological polar surface area (TPSA) is 15.3 Å². The smallest absolute Gasteiger partial charge is 0.142 e. The van der Waals surface area contributed by atoms with Crippen LogP contribution in [-0.2, 0) is 0 Å². The molecule has 0 bridgehead atoms. The van der Waals surface area contributed by atoms with Gasteiger partial charge in [-0.25, -0.2) is 4.39 Å². The maximum absolute atomic E-state index is 13.5. The number of hydrogen-bond acceptors (Lipinski definition) is 2. The number of nitrogens with zero attached hydrogens (tertiary/aromatic N) is 1. The van der Waals surface area contributed by atoms with Crippen LogP contribution in [0.3, 0.4) is 0 Å². The van der Waals surface area contributed by atoms with Crippen LogP contribution in [0, 0.1) is 11.7 Å². The molecule has 1 saturated heterocycles. The summed E-state index contributed by atoms with van der Waals surface area (Å²) in [4.78, 5) is 2.36. The van der Waals surface area contributed by atoms with E-state index in [2.05, 4.69) is 17.3 Å². The van der Waals surface area contributed by atoms with Gasteiger partial charge in [-0.2, -0.15) is 0 Å². The molecular formula is C15H21Cl2FN2. The van der Waals surface area contributed by atoms with E-state index in [1.165, 1.54) is 31.5 Å². The van der Waals surface area contributed by atoms with Crippen LogP contribution in [0.4, 0.5) is 4.39 Å². The molecule has 20 heavy (non-hydrogen) atoms. The van der Waals surface area contributed by atoms with Crippen molar-refractivity contribution in [3.63, 3.8) is 0 Å². The van der Waals surface area contributed by atoms with Crippen LogP contribution in [0.2, 0.25) is 10.0 Å². The number of hydrogen-bond donors (Lipinski definition) is 1. The Kier molecular flexibility index (Phi) is 5.67. The van der Waals surface area contributed by atoms with Crippen LogP contribution in [0.1, 0.15) is 31.4 Å². The second kappa shape index (κ2) is 7.08. The highest BCUT2D eigenvalue weighted by Crippen LogP contribution is 2.28. The van der Waals surface area contributed by atoms with Gasteiger partial charge in [0.15, 0.2) is 0 Å². The van der Waals surface area contributed by atoms with Crippen molar-refractivity contribution in [3.05, 3.63) is 33.6 Å². The summed E-state index contributed by atoms with van der Waals surface area (Å²) in [6.45, 7) is 5.22. The van der Waals surface area contributed by atoms with Crippen LogP contribution >= 0.6 is 23.2 Å². The predicted octanol–water partition coefficient (Wildman–Crippen LogP) is 4.12. The molecule has 5 heteroatoms. The lowest BCUT2D eigenvalue weighted by molar-refractivity contribution is 0.203. The average molecular weight is 319 g/mol. The Labute approximate surface area is 130 Å². The first-order chi connectivity index (χ1) is 9.47. The Bertz CT molecular complexity index is 467. The lowest BCUT2D eigenvalue weighted by Crippen LogP contribution is -2.38. The fourth-order valence-electron chi connectivity index (χ4n) is 2.76. The summed E-state index contributed by atoms with van der Waals surface area (Å²) in [7, 11) is 2.15.